The first-order valence-electron chi connectivity index (χ1n) is 8.61. The number of halogens is 1. The highest BCUT2D eigenvalue weighted by Crippen LogP contribution is 2.26. The number of fused-ring (bicyclic) bond motifs is 1. The number of allylic oxidation sites excluding steroid dienone is 1. The van der Waals surface area contributed by atoms with Crippen molar-refractivity contribution in [3.05, 3.63) is 88.4 Å². The number of benzene rings is 3. The van der Waals surface area contributed by atoms with Crippen molar-refractivity contribution in [1.29, 1.82) is 0 Å². The van der Waals surface area contributed by atoms with Gasteiger partial charge in [0.2, 0.25) is 5.89 Å². The highest BCUT2D eigenvalue weighted by atomic mass is 79.9. The predicted molar refractivity (Wildman–Crippen MR) is 116 cm³/mol. The average Bonchev–Trinajstić information content (AvgIpc) is 3.09. The molecule has 0 radical (unpaired) electrons. The number of aryl methyl sites for hydroxylation is 1. The first kappa shape index (κ1) is 17.4. The number of hydrogen-bond donors (Lipinski definition) is 0. The zero-order chi connectivity index (χ0) is 18.6. The van der Waals surface area contributed by atoms with E-state index >= 15 is 0 Å². The van der Waals surface area contributed by atoms with Crippen molar-refractivity contribution >= 4 is 45.0 Å². The molecule has 4 rings (SSSR count). The topological polar surface area (TPSA) is 38.4 Å². The number of aromatic nitrogens is 1. The lowest BCUT2D eigenvalue weighted by Gasteiger charge is -1.96. The van der Waals surface area contributed by atoms with E-state index in [1.165, 1.54) is 0 Å². The van der Waals surface area contributed by atoms with E-state index in [1.54, 1.807) is 6.21 Å². The van der Waals surface area contributed by atoms with Crippen LogP contribution in [-0.4, -0.2) is 11.2 Å². The van der Waals surface area contributed by atoms with Crippen LogP contribution in [0, 0.1) is 6.92 Å². The van der Waals surface area contributed by atoms with Crippen molar-refractivity contribution in [1.82, 2.24) is 4.98 Å². The average molecular weight is 417 g/mol. The fraction of sp³-hybridized carbons (Fsp3) is 0.0435. The van der Waals surface area contributed by atoms with Crippen molar-refractivity contribution in [2.75, 3.05) is 0 Å². The van der Waals surface area contributed by atoms with E-state index in [1.807, 2.05) is 79.7 Å². The number of aliphatic imine (C=N–C) groups is 1. The Kier molecular flexibility index (Phi) is 4.99. The summed E-state index contributed by atoms with van der Waals surface area (Å²) in [7, 11) is 0. The van der Waals surface area contributed by atoms with Gasteiger partial charge in [-0.1, -0.05) is 40.2 Å². The minimum atomic E-state index is 0.626. The van der Waals surface area contributed by atoms with Crippen LogP contribution in [0.25, 0.3) is 28.6 Å². The number of oxazole rings is 1. The fourth-order valence-corrected chi connectivity index (χ4v) is 3.16. The molecule has 0 N–H and O–H groups in total. The van der Waals surface area contributed by atoms with Crippen LogP contribution in [0.4, 0.5) is 5.69 Å². The van der Waals surface area contributed by atoms with E-state index in [9.17, 15) is 0 Å². The lowest BCUT2D eigenvalue weighted by atomic mass is 10.2. The van der Waals surface area contributed by atoms with E-state index in [0.717, 1.165) is 38.0 Å². The van der Waals surface area contributed by atoms with Crippen molar-refractivity contribution in [2.45, 2.75) is 6.92 Å². The second-order valence-electron chi connectivity index (χ2n) is 6.23. The molecule has 0 saturated carbocycles. The van der Waals surface area contributed by atoms with Crippen molar-refractivity contribution < 1.29 is 4.42 Å². The molecule has 0 unspecified atom stereocenters. The molecule has 0 bridgehead atoms. The molecule has 3 nitrogen and oxygen atoms in total. The SMILES string of the molecule is Cc1ccc2nc(-c3ccc(N=CC=Cc4cccc(Br)c4)cc3)oc2c1. The minimum Gasteiger partial charge on any atom is -0.436 e. The number of rotatable bonds is 4. The van der Waals surface area contributed by atoms with Crippen molar-refractivity contribution in [3.63, 3.8) is 0 Å². The molecule has 27 heavy (non-hydrogen) atoms. The maximum Gasteiger partial charge on any atom is 0.227 e. The van der Waals surface area contributed by atoms with Crippen LogP contribution >= 0.6 is 15.9 Å². The second kappa shape index (κ2) is 7.72. The Morgan fingerprint density at radius 1 is 1.00 bits per heavy atom. The third-order valence-electron chi connectivity index (χ3n) is 4.11. The third-order valence-corrected chi connectivity index (χ3v) is 4.60. The molecule has 4 aromatic rings. The highest BCUT2D eigenvalue weighted by molar-refractivity contribution is 9.10. The van der Waals surface area contributed by atoms with Gasteiger partial charge in [-0.15, -0.1) is 0 Å². The molecule has 0 amide bonds. The summed E-state index contributed by atoms with van der Waals surface area (Å²) >= 11 is 3.47. The van der Waals surface area contributed by atoms with E-state index in [4.69, 9.17) is 4.42 Å². The maximum absolute atomic E-state index is 5.87. The Hall–Kier alpha value is -2.98. The monoisotopic (exact) mass is 416 g/mol. The van der Waals surface area contributed by atoms with Crippen LogP contribution in [0.1, 0.15) is 11.1 Å². The standard InChI is InChI=1S/C23H17BrN2O/c1-16-7-12-21-22(14-16)27-23(26-21)18-8-10-20(11-9-18)25-13-3-5-17-4-2-6-19(24)15-17/h2-15H,1H3. The molecule has 0 aliphatic carbocycles. The molecule has 1 aromatic heterocycles. The largest absolute Gasteiger partial charge is 0.436 e. The summed E-state index contributed by atoms with van der Waals surface area (Å²) in [6.45, 7) is 2.04. The Bertz CT molecular complexity index is 1140. The Morgan fingerprint density at radius 2 is 1.85 bits per heavy atom. The number of hydrogen-bond acceptors (Lipinski definition) is 3. The molecule has 0 saturated heterocycles. The fourth-order valence-electron chi connectivity index (χ4n) is 2.74. The van der Waals surface area contributed by atoms with Crippen LogP contribution in [0.3, 0.4) is 0 Å². The summed E-state index contributed by atoms with van der Waals surface area (Å²) in [6, 6.07) is 22.0. The molecule has 0 atom stereocenters. The summed E-state index contributed by atoms with van der Waals surface area (Å²) < 4.78 is 6.93. The molecule has 0 aliphatic rings. The van der Waals surface area contributed by atoms with Crippen LogP contribution in [0.5, 0.6) is 0 Å². The van der Waals surface area contributed by atoms with Crippen molar-refractivity contribution in [2.24, 2.45) is 4.99 Å². The molecule has 0 aliphatic heterocycles. The predicted octanol–water partition coefficient (Wildman–Crippen LogP) is 6.98. The number of nitrogens with zero attached hydrogens (tertiary/aromatic N) is 2. The molecule has 0 fully saturated rings. The van der Waals surface area contributed by atoms with Gasteiger partial charge in [0.25, 0.3) is 0 Å². The molecular weight excluding hydrogens is 400 g/mol. The van der Waals surface area contributed by atoms with Gasteiger partial charge in [-0.2, -0.15) is 0 Å². The van der Waals surface area contributed by atoms with Gasteiger partial charge < -0.3 is 4.42 Å². The quantitative estimate of drug-likeness (QED) is 0.336. The lowest BCUT2D eigenvalue weighted by molar-refractivity contribution is 0.619. The van der Waals surface area contributed by atoms with Crippen molar-refractivity contribution in [3.8, 4) is 11.5 Å². The molecule has 0 spiro atoms. The van der Waals surface area contributed by atoms with Crippen LogP contribution in [0.15, 0.2) is 86.7 Å². The lowest BCUT2D eigenvalue weighted by Crippen LogP contribution is -1.76. The summed E-state index contributed by atoms with van der Waals surface area (Å²) in [4.78, 5) is 9.01. The molecule has 1 heterocycles. The van der Waals surface area contributed by atoms with E-state index in [0.29, 0.717) is 5.89 Å². The van der Waals surface area contributed by atoms with Gasteiger partial charge in [-0.25, -0.2) is 4.98 Å². The molecule has 3 aromatic carbocycles. The summed E-state index contributed by atoms with van der Waals surface area (Å²) in [6.07, 6.45) is 5.74. The Morgan fingerprint density at radius 3 is 2.67 bits per heavy atom. The van der Waals surface area contributed by atoms with Gasteiger partial charge in [0, 0.05) is 16.3 Å². The van der Waals surface area contributed by atoms with Gasteiger partial charge in [-0.05, 0) is 72.7 Å². The highest BCUT2D eigenvalue weighted by Gasteiger charge is 2.08. The second-order valence-corrected chi connectivity index (χ2v) is 7.15. The molecule has 132 valence electrons. The van der Waals surface area contributed by atoms with E-state index in [-0.39, 0.29) is 0 Å². The Labute approximate surface area is 166 Å². The smallest absolute Gasteiger partial charge is 0.227 e. The van der Waals surface area contributed by atoms with Gasteiger partial charge in [0.1, 0.15) is 5.52 Å². The Balaban J connectivity index is 1.48. The third kappa shape index (κ3) is 4.23. The first-order chi connectivity index (χ1) is 13.2. The van der Waals surface area contributed by atoms with Crippen LogP contribution < -0.4 is 0 Å². The van der Waals surface area contributed by atoms with Gasteiger partial charge in [0.05, 0.1) is 5.69 Å². The summed E-state index contributed by atoms with van der Waals surface area (Å²) in [5.41, 5.74) is 5.78. The molecule has 4 heteroatoms. The zero-order valence-corrected chi connectivity index (χ0v) is 16.3. The zero-order valence-electron chi connectivity index (χ0n) is 14.8. The first-order valence-corrected chi connectivity index (χ1v) is 9.41. The van der Waals surface area contributed by atoms with Gasteiger partial charge in [-0.3, -0.25) is 4.99 Å². The summed E-state index contributed by atoms with van der Waals surface area (Å²) in [5.74, 6) is 0.626. The minimum absolute atomic E-state index is 0.626. The van der Waals surface area contributed by atoms with E-state index < -0.39 is 0 Å². The maximum atomic E-state index is 5.87. The summed E-state index contributed by atoms with van der Waals surface area (Å²) in [5, 5.41) is 0. The van der Waals surface area contributed by atoms with E-state index in [2.05, 4.69) is 32.0 Å². The van der Waals surface area contributed by atoms with Gasteiger partial charge >= 0.3 is 0 Å². The van der Waals surface area contributed by atoms with Gasteiger partial charge in [0.15, 0.2) is 5.58 Å². The molecular formula is C23H17BrN2O. The van der Waals surface area contributed by atoms with Crippen LogP contribution in [0.2, 0.25) is 0 Å². The van der Waals surface area contributed by atoms with Crippen LogP contribution in [-0.2, 0) is 0 Å². The normalized spacial score (nSPS) is 11.8.